The van der Waals surface area contributed by atoms with Crippen molar-refractivity contribution < 1.29 is 28.7 Å². The second-order valence-electron chi connectivity index (χ2n) is 14.4. The van der Waals surface area contributed by atoms with Crippen LogP contribution in [0.4, 0.5) is 15.3 Å². The first-order chi connectivity index (χ1) is 27.6. The number of anilines is 1. The number of fused-ring (bicyclic) bond motifs is 1. The summed E-state index contributed by atoms with van der Waals surface area (Å²) in [6.45, 7) is 7.01. The van der Waals surface area contributed by atoms with E-state index in [1.807, 2.05) is 72.5 Å². The van der Waals surface area contributed by atoms with Gasteiger partial charge < -0.3 is 25.4 Å². The maximum atomic E-state index is 14.4. The van der Waals surface area contributed by atoms with Crippen LogP contribution < -0.4 is 21.5 Å². The fourth-order valence-electron chi connectivity index (χ4n) is 7.15. The summed E-state index contributed by atoms with van der Waals surface area (Å²) >= 11 is 0. The van der Waals surface area contributed by atoms with Crippen LogP contribution in [-0.2, 0) is 44.2 Å². The molecule has 3 heterocycles. The van der Waals surface area contributed by atoms with Gasteiger partial charge in [-0.05, 0) is 42.4 Å². The van der Waals surface area contributed by atoms with Crippen molar-refractivity contribution in [2.75, 3.05) is 24.5 Å². The van der Waals surface area contributed by atoms with E-state index in [-0.39, 0.29) is 56.6 Å². The van der Waals surface area contributed by atoms with Gasteiger partial charge in [-0.3, -0.25) is 23.9 Å². The number of aromatic nitrogens is 2. The number of aliphatic imine (C=N–C) groups is 1. The van der Waals surface area contributed by atoms with Crippen molar-refractivity contribution in [2.45, 2.75) is 70.2 Å². The van der Waals surface area contributed by atoms with Gasteiger partial charge in [-0.1, -0.05) is 97.9 Å². The van der Waals surface area contributed by atoms with Gasteiger partial charge in [0, 0.05) is 43.6 Å². The molecule has 57 heavy (non-hydrogen) atoms. The third-order valence-corrected chi connectivity index (χ3v) is 10.2. The predicted molar refractivity (Wildman–Crippen MR) is 214 cm³/mol. The van der Waals surface area contributed by atoms with Gasteiger partial charge in [-0.2, -0.15) is 4.99 Å². The number of amidine groups is 1. The Kier molecular flexibility index (Phi) is 12.9. The fraction of sp³-hybridized carbons (Fsp3) is 0.326. The highest BCUT2D eigenvalue weighted by atomic mass is 16.6. The van der Waals surface area contributed by atoms with E-state index in [1.54, 1.807) is 24.3 Å². The summed E-state index contributed by atoms with van der Waals surface area (Å²) in [5.74, 6) is -0.256. The van der Waals surface area contributed by atoms with Crippen LogP contribution in [0.2, 0.25) is 0 Å². The van der Waals surface area contributed by atoms with Crippen molar-refractivity contribution in [3.8, 4) is 0 Å². The van der Waals surface area contributed by atoms with E-state index in [0.29, 0.717) is 30.0 Å². The molecule has 0 saturated carbocycles. The minimum Gasteiger partial charge on any atom is -0.444 e. The van der Waals surface area contributed by atoms with Crippen LogP contribution in [0.3, 0.4) is 0 Å². The van der Waals surface area contributed by atoms with Gasteiger partial charge in [0.05, 0.1) is 6.20 Å². The molecule has 1 fully saturated rings. The maximum Gasteiger partial charge on any atom is 0.435 e. The molecule has 2 aliphatic rings. The predicted octanol–water partition coefficient (Wildman–Crippen LogP) is 5.54. The zero-order valence-corrected chi connectivity index (χ0v) is 32.0. The van der Waals surface area contributed by atoms with Gasteiger partial charge in [-0.25, -0.2) is 14.6 Å². The molecule has 14 nitrogen and oxygen atoms in total. The third-order valence-electron chi connectivity index (χ3n) is 10.2. The Morgan fingerprint density at radius 1 is 0.930 bits per heavy atom. The lowest BCUT2D eigenvalue weighted by atomic mass is 9.82. The van der Waals surface area contributed by atoms with Crippen molar-refractivity contribution in [1.29, 1.82) is 0 Å². The quantitative estimate of drug-likeness (QED) is 0.100. The molecule has 3 aromatic carbocycles. The standard InChI is InChI=1S/C43H47N7O7/c1-3-21-49(42(55)57-29-32-15-9-5-10-16-32)35-27-46-40-43(2,25-36(51)48-22-11-6-12-23-48)24-34(50(40)39(35)53)38(52)45-26-30-17-19-33(20-18-30)37(44)47-41(54)56-28-31-13-7-4-8-14-31/h3-5,7-10,13-20,27,34H,1,6,11-12,21-26,28-29H2,2H3,(H,45,52)(H2,44,47,54)/t34-,43+/m1/s1. The number of likely N-dealkylation sites (tertiary alicyclic amines) is 1. The van der Waals surface area contributed by atoms with E-state index in [1.165, 1.54) is 16.8 Å². The monoisotopic (exact) mass is 773 g/mol. The summed E-state index contributed by atoms with van der Waals surface area (Å²) in [7, 11) is 0. The number of nitrogens with zero attached hydrogens (tertiary/aromatic N) is 5. The first-order valence-corrected chi connectivity index (χ1v) is 19.0. The van der Waals surface area contributed by atoms with Gasteiger partial charge in [0.25, 0.3) is 5.56 Å². The average molecular weight is 774 g/mol. The molecule has 0 aliphatic carbocycles. The summed E-state index contributed by atoms with van der Waals surface area (Å²) in [5, 5.41) is 2.93. The molecule has 1 aromatic heterocycles. The Morgan fingerprint density at radius 2 is 1.56 bits per heavy atom. The highest BCUT2D eigenvalue weighted by molar-refractivity contribution is 6.02. The fourth-order valence-corrected chi connectivity index (χ4v) is 7.15. The number of carbonyl (C=O) groups is 4. The number of benzene rings is 3. The van der Waals surface area contributed by atoms with Gasteiger partial charge in [0.15, 0.2) is 0 Å². The number of rotatable bonds is 13. The molecule has 14 heteroatoms. The van der Waals surface area contributed by atoms with Crippen molar-refractivity contribution in [3.05, 3.63) is 142 Å². The van der Waals surface area contributed by atoms with Gasteiger partial charge in [0.1, 0.15) is 36.6 Å². The molecule has 0 unspecified atom stereocenters. The zero-order chi connectivity index (χ0) is 40.4. The van der Waals surface area contributed by atoms with Crippen molar-refractivity contribution >= 4 is 35.5 Å². The molecule has 296 valence electrons. The Hall–Kier alpha value is -6.57. The van der Waals surface area contributed by atoms with Gasteiger partial charge in [-0.15, -0.1) is 6.58 Å². The van der Waals surface area contributed by atoms with E-state index in [4.69, 9.17) is 15.2 Å². The number of piperidine rings is 1. The summed E-state index contributed by atoms with van der Waals surface area (Å²) in [4.78, 5) is 79.2. The van der Waals surface area contributed by atoms with E-state index < -0.39 is 35.1 Å². The van der Waals surface area contributed by atoms with Crippen molar-refractivity contribution in [3.63, 3.8) is 0 Å². The first kappa shape index (κ1) is 40.1. The third kappa shape index (κ3) is 9.82. The van der Waals surface area contributed by atoms with Crippen LogP contribution >= 0.6 is 0 Å². The highest BCUT2D eigenvalue weighted by Crippen LogP contribution is 2.42. The molecular formula is C43H47N7O7. The molecule has 2 atom stereocenters. The van der Waals surface area contributed by atoms with Crippen LogP contribution in [0, 0.1) is 0 Å². The van der Waals surface area contributed by atoms with Gasteiger partial charge in [0.2, 0.25) is 11.8 Å². The first-order valence-electron chi connectivity index (χ1n) is 19.0. The second kappa shape index (κ2) is 18.4. The molecule has 4 amide bonds. The highest BCUT2D eigenvalue weighted by Gasteiger charge is 2.48. The summed E-state index contributed by atoms with van der Waals surface area (Å²) in [5.41, 5.74) is 7.21. The summed E-state index contributed by atoms with van der Waals surface area (Å²) < 4.78 is 12.1. The molecule has 2 aliphatic heterocycles. The molecule has 3 N–H and O–H groups in total. The van der Waals surface area contributed by atoms with Crippen LogP contribution in [0.15, 0.2) is 114 Å². The number of ether oxygens (including phenoxy) is 2. The minimum atomic E-state index is -1.03. The normalized spacial score (nSPS) is 17.6. The Labute approximate surface area is 331 Å². The van der Waals surface area contributed by atoms with Gasteiger partial charge >= 0.3 is 12.2 Å². The number of nitrogens with two attached hydrogens (primary N) is 1. The number of nitrogens with one attached hydrogen (secondary N) is 1. The lowest BCUT2D eigenvalue weighted by Crippen LogP contribution is -2.41. The SMILES string of the molecule is C=CCN(C(=O)OCc1ccccc1)c1cnc2n(c1=O)[C@@H](C(=O)NCc1ccc(C(N)=NC(=O)OCc3ccccc3)cc1)C[C@@]2(C)CC(=O)N1CCCCC1. The number of hydrogen-bond donors (Lipinski definition) is 2. The van der Waals surface area contributed by atoms with E-state index in [2.05, 4.69) is 21.9 Å². The van der Waals surface area contributed by atoms with Crippen molar-refractivity contribution in [2.24, 2.45) is 10.7 Å². The van der Waals surface area contributed by atoms with Crippen LogP contribution in [-0.4, -0.2) is 63.9 Å². The zero-order valence-electron chi connectivity index (χ0n) is 32.0. The number of amides is 4. The van der Waals surface area contributed by atoms with Crippen LogP contribution in [0.5, 0.6) is 0 Å². The topological polar surface area (TPSA) is 179 Å². The van der Waals surface area contributed by atoms with Crippen molar-refractivity contribution in [1.82, 2.24) is 19.8 Å². The average Bonchev–Trinajstić information content (AvgIpc) is 3.54. The molecule has 0 radical (unpaired) electrons. The van der Waals surface area contributed by atoms with E-state index in [9.17, 15) is 24.0 Å². The maximum absolute atomic E-state index is 14.4. The van der Waals surface area contributed by atoms with E-state index in [0.717, 1.165) is 35.3 Å². The lowest BCUT2D eigenvalue weighted by molar-refractivity contribution is -0.133. The molecule has 0 bridgehead atoms. The van der Waals surface area contributed by atoms with E-state index >= 15 is 0 Å². The molecule has 4 aromatic rings. The lowest BCUT2D eigenvalue weighted by Gasteiger charge is -2.31. The number of carbonyl (C=O) groups excluding carboxylic acids is 4. The molecule has 6 rings (SSSR count). The largest absolute Gasteiger partial charge is 0.444 e. The Balaban J connectivity index is 1.20. The van der Waals surface area contributed by atoms with Crippen LogP contribution in [0.1, 0.15) is 73.1 Å². The van der Waals surface area contributed by atoms with Crippen LogP contribution in [0.25, 0.3) is 0 Å². The molecule has 0 spiro atoms. The summed E-state index contributed by atoms with van der Waals surface area (Å²) in [6, 6.07) is 24.1. The Bertz CT molecular complexity index is 2170. The number of hydrogen-bond acceptors (Lipinski definition) is 8. The molecular weight excluding hydrogens is 727 g/mol. The molecule has 1 saturated heterocycles. The summed E-state index contributed by atoms with van der Waals surface area (Å²) in [6.07, 6.45) is 4.28. The smallest absolute Gasteiger partial charge is 0.435 e. The second-order valence-corrected chi connectivity index (χ2v) is 14.4. The minimum absolute atomic E-state index is 0.0175. The Morgan fingerprint density at radius 3 is 2.19 bits per heavy atom.